The molecular weight excluding hydrogens is 1040 g/mol. The van der Waals surface area contributed by atoms with Gasteiger partial charge < -0.3 is 19.1 Å². The first-order valence-electron chi connectivity index (χ1n) is 24.3. The van der Waals surface area contributed by atoms with Gasteiger partial charge in [0.15, 0.2) is 0 Å². The third-order valence-corrected chi connectivity index (χ3v) is 13.6. The number of aromatic nitrogens is 2. The van der Waals surface area contributed by atoms with Crippen LogP contribution in [0.15, 0.2) is 158 Å². The van der Waals surface area contributed by atoms with Crippen LogP contribution < -0.4 is 14.5 Å². The van der Waals surface area contributed by atoms with Crippen LogP contribution in [0.25, 0.3) is 49.9 Å². The average molecular weight is 1100 g/mol. The van der Waals surface area contributed by atoms with Gasteiger partial charge in [-0.3, -0.25) is 0 Å². The first-order valence-corrected chi connectivity index (χ1v) is 24.3. The van der Waals surface area contributed by atoms with E-state index in [1.807, 2.05) is 24.4 Å². The Labute approximate surface area is 430 Å². The fourth-order valence-corrected chi connectivity index (χ4v) is 9.48. The summed E-state index contributed by atoms with van der Waals surface area (Å²) in [7, 11) is 0. The van der Waals surface area contributed by atoms with E-state index in [1.165, 1.54) is 44.5 Å². The number of pyridine rings is 1. The SMILES string of the molecule is CC(C)(C)c1ccc(-c2cc(C(C)(C)C)cc(-c3ccc(C(C)(C)C)cc3)c2N2[CH-]N(c3[c-]c(Oc4[c-]c5c(cc4)c4ccccc4n5-c4cc(C(C)(C)C)ccn4)ccc3)c3ccccc32)cc1.[Pt]. The van der Waals surface area contributed by atoms with Crippen LogP contribution in [-0.4, -0.2) is 9.55 Å². The van der Waals surface area contributed by atoms with E-state index in [2.05, 4.69) is 250 Å². The minimum Gasteiger partial charge on any atom is -0.509 e. The number of rotatable bonds is 7. The van der Waals surface area contributed by atoms with Crippen molar-refractivity contribution in [3.63, 3.8) is 0 Å². The molecule has 0 aliphatic carbocycles. The monoisotopic (exact) mass is 1100 g/mol. The molecule has 1 aliphatic rings. The van der Waals surface area contributed by atoms with Gasteiger partial charge in [0.25, 0.3) is 0 Å². The number of para-hydroxylation sites is 3. The third kappa shape index (κ3) is 9.22. The Bertz CT molecular complexity index is 3290. The van der Waals surface area contributed by atoms with Crippen molar-refractivity contribution >= 4 is 44.6 Å². The predicted molar refractivity (Wildman–Crippen MR) is 290 cm³/mol. The minimum atomic E-state index is -0.0977. The molecule has 358 valence electrons. The third-order valence-electron chi connectivity index (χ3n) is 13.6. The van der Waals surface area contributed by atoms with Gasteiger partial charge in [-0.15, -0.1) is 48.1 Å². The Morgan fingerprint density at radius 2 is 1.01 bits per heavy atom. The summed E-state index contributed by atoms with van der Waals surface area (Å²) in [5.41, 5.74) is 15.9. The summed E-state index contributed by atoms with van der Waals surface area (Å²) < 4.78 is 8.92. The maximum atomic E-state index is 6.72. The van der Waals surface area contributed by atoms with Crippen molar-refractivity contribution in [2.75, 3.05) is 9.80 Å². The molecule has 6 heteroatoms. The molecule has 9 aromatic rings. The van der Waals surface area contributed by atoms with E-state index in [4.69, 9.17) is 9.72 Å². The van der Waals surface area contributed by atoms with Gasteiger partial charge in [0, 0.05) is 72.5 Å². The van der Waals surface area contributed by atoms with Crippen LogP contribution in [0.4, 0.5) is 22.7 Å². The molecule has 0 fully saturated rings. The topological polar surface area (TPSA) is 33.5 Å². The molecule has 0 unspecified atom stereocenters. The van der Waals surface area contributed by atoms with E-state index in [9.17, 15) is 0 Å². The summed E-state index contributed by atoms with van der Waals surface area (Å²) in [6.45, 7) is 29.5. The second-order valence-electron chi connectivity index (χ2n) is 22.8. The van der Waals surface area contributed by atoms with Gasteiger partial charge >= 0.3 is 0 Å². The number of fused-ring (bicyclic) bond motifs is 4. The van der Waals surface area contributed by atoms with Crippen molar-refractivity contribution in [3.8, 4) is 39.6 Å². The number of nitrogens with zero attached hydrogens (tertiary/aromatic N) is 4. The van der Waals surface area contributed by atoms with Crippen LogP contribution >= 0.6 is 0 Å². The number of benzene rings is 7. The van der Waals surface area contributed by atoms with E-state index in [0.29, 0.717) is 11.5 Å². The van der Waals surface area contributed by atoms with Crippen molar-refractivity contribution in [1.82, 2.24) is 9.55 Å². The quantitative estimate of drug-likeness (QED) is 0.149. The van der Waals surface area contributed by atoms with Crippen LogP contribution in [0.3, 0.4) is 0 Å². The Hall–Kier alpha value is -6.42. The van der Waals surface area contributed by atoms with Crippen LogP contribution in [0, 0.1) is 18.8 Å². The van der Waals surface area contributed by atoms with Crippen LogP contribution in [-0.2, 0) is 42.7 Å². The zero-order valence-electron chi connectivity index (χ0n) is 42.6. The standard InChI is InChI=1S/C64H63N4O.Pt/c1-61(2,3)44-28-24-42(25-29-44)53-36-47(64(10,11)12)37-54(43-26-30-45(31-27-43)62(4,5)6)60(53)67-41-66(56-22-15-16-23-57(56)67)48-18-17-19-49(39-48)69-50-32-33-52-51-20-13-14-21-55(51)68(58(52)40-50)59-38-46(34-35-65-59)63(7,8)9;/h13-38,41H,1-12H3;/q-3;. The van der Waals surface area contributed by atoms with Gasteiger partial charge in [-0.05, 0) is 103 Å². The normalized spacial score (nSPS) is 13.2. The van der Waals surface area contributed by atoms with E-state index < -0.39 is 0 Å². The molecule has 0 spiro atoms. The molecular formula is C64H63N4OPt-3. The van der Waals surface area contributed by atoms with Gasteiger partial charge in [-0.1, -0.05) is 167 Å². The van der Waals surface area contributed by atoms with Gasteiger partial charge in [-0.2, -0.15) is 12.1 Å². The van der Waals surface area contributed by atoms with Gasteiger partial charge in [0.2, 0.25) is 0 Å². The van der Waals surface area contributed by atoms with Crippen molar-refractivity contribution in [2.24, 2.45) is 0 Å². The first-order chi connectivity index (χ1) is 32.7. The van der Waals surface area contributed by atoms with E-state index in [-0.39, 0.29) is 42.7 Å². The molecule has 3 heterocycles. The number of hydrogen-bond acceptors (Lipinski definition) is 4. The molecule has 0 N–H and O–H groups in total. The summed E-state index contributed by atoms with van der Waals surface area (Å²) in [5.74, 6) is 2.05. The van der Waals surface area contributed by atoms with Crippen LogP contribution in [0.5, 0.6) is 11.5 Å². The molecule has 70 heavy (non-hydrogen) atoms. The second kappa shape index (κ2) is 18.1. The smallest absolute Gasteiger partial charge is 0.135 e. The van der Waals surface area contributed by atoms with Crippen molar-refractivity contribution in [3.05, 3.63) is 199 Å². The molecule has 2 aromatic heterocycles. The Balaban J connectivity index is 0.00000608. The fourth-order valence-electron chi connectivity index (χ4n) is 9.48. The minimum absolute atomic E-state index is 0. The zero-order chi connectivity index (χ0) is 48.6. The molecule has 7 aromatic carbocycles. The summed E-state index contributed by atoms with van der Waals surface area (Å²) in [4.78, 5) is 9.49. The molecule has 5 nitrogen and oxygen atoms in total. The molecule has 0 amide bonds. The van der Waals surface area contributed by atoms with Gasteiger partial charge in [0.1, 0.15) is 5.82 Å². The molecule has 1 aliphatic heterocycles. The van der Waals surface area contributed by atoms with Crippen molar-refractivity contribution in [1.29, 1.82) is 0 Å². The zero-order valence-corrected chi connectivity index (χ0v) is 44.9. The summed E-state index contributed by atoms with van der Waals surface area (Å²) in [6.07, 6.45) is 1.91. The molecule has 0 bridgehead atoms. The average Bonchev–Trinajstić information content (AvgIpc) is 3.86. The fraction of sp³-hybridized carbons (Fsp3) is 0.250. The van der Waals surface area contributed by atoms with Crippen molar-refractivity contribution in [2.45, 2.75) is 105 Å². The van der Waals surface area contributed by atoms with Gasteiger partial charge in [0.05, 0.1) is 0 Å². The summed E-state index contributed by atoms with van der Waals surface area (Å²) in [6, 6.07) is 62.2. The molecule has 0 radical (unpaired) electrons. The molecule has 0 saturated heterocycles. The largest absolute Gasteiger partial charge is 0.509 e. The van der Waals surface area contributed by atoms with E-state index in [1.54, 1.807) is 0 Å². The molecule has 10 rings (SSSR count). The number of hydrogen-bond donors (Lipinski definition) is 0. The Kier molecular flexibility index (Phi) is 12.5. The Morgan fingerprint density at radius 1 is 0.471 bits per heavy atom. The molecule has 0 saturated carbocycles. The van der Waals surface area contributed by atoms with Crippen LogP contribution in [0.1, 0.15) is 105 Å². The summed E-state index contributed by atoms with van der Waals surface area (Å²) in [5, 5.41) is 2.23. The van der Waals surface area contributed by atoms with Crippen LogP contribution in [0.2, 0.25) is 0 Å². The van der Waals surface area contributed by atoms with Gasteiger partial charge in [-0.25, -0.2) is 4.98 Å². The second-order valence-corrected chi connectivity index (χ2v) is 22.8. The Morgan fingerprint density at radius 3 is 1.60 bits per heavy atom. The number of ether oxygens (including phenoxy) is 1. The summed E-state index contributed by atoms with van der Waals surface area (Å²) >= 11 is 0. The predicted octanol–water partition coefficient (Wildman–Crippen LogP) is 17.5. The van der Waals surface area contributed by atoms with E-state index >= 15 is 0 Å². The first kappa shape index (κ1) is 48.6. The number of anilines is 4. The van der Waals surface area contributed by atoms with E-state index in [0.717, 1.165) is 50.4 Å². The maximum absolute atomic E-state index is 6.72. The maximum Gasteiger partial charge on any atom is 0.135 e. The molecule has 0 atom stereocenters. The van der Waals surface area contributed by atoms with Crippen molar-refractivity contribution < 1.29 is 25.8 Å².